The van der Waals surface area contributed by atoms with E-state index in [1.807, 2.05) is 0 Å². The molecule has 1 unspecified atom stereocenters. The van der Waals surface area contributed by atoms with Crippen LogP contribution in [0.25, 0.3) is 0 Å². The summed E-state index contributed by atoms with van der Waals surface area (Å²) in [6.45, 7) is 4.44. The lowest BCUT2D eigenvalue weighted by Crippen LogP contribution is -1.90. The number of unbranched alkanes of at least 4 members (excludes halogenated alkanes) is 2. The average Bonchev–Trinajstić information content (AvgIpc) is 2.01. The van der Waals surface area contributed by atoms with Gasteiger partial charge >= 0.3 is 0 Å². The van der Waals surface area contributed by atoms with Crippen LogP contribution in [0, 0.1) is 0 Å². The molecular formula is C10H19Br. The lowest BCUT2D eigenvalue weighted by Gasteiger charge is -2.01. The standard InChI is InChI=1S/C10H19Br/c1-3-5-7-9-10(11)8-6-4-2/h7,9-10H,3-6,8H2,1-2H3. The largest absolute Gasteiger partial charge is 0.0874 e. The molecule has 66 valence electrons. The quantitative estimate of drug-likeness (QED) is 0.461. The van der Waals surface area contributed by atoms with Gasteiger partial charge in [0.05, 0.1) is 0 Å². The third-order valence-electron chi connectivity index (χ3n) is 1.63. The summed E-state index contributed by atoms with van der Waals surface area (Å²) in [4.78, 5) is 0.606. The topological polar surface area (TPSA) is 0 Å². The summed E-state index contributed by atoms with van der Waals surface area (Å²) >= 11 is 3.62. The highest BCUT2D eigenvalue weighted by Crippen LogP contribution is 2.11. The Bertz CT molecular complexity index is 97.0. The van der Waals surface area contributed by atoms with Crippen LogP contribution in [0.2, 0.25) is 0 Å². The molecule has 0 saturated heterocycles. The van der Waals surface area contributed by atoms with Gasteiger partial charge in [0.2, 0.25) is 0 Å². The van der Waals surface area contributed by atoms with Crippen molar-refractivity contribution in [2.24, 2.45) is 0 Å². The maximum Gasteiger partial charge on any atom is 0.0325 e. The van der Waals surface area contributed by atoms with Crippen LogP contribution in [0.5, 0.6) is 0 Å². The smallest absolute Gasteiger partial charge is 0.0325 e. The van der Waals surface area contributed by atoms with Gasteiger partial charge in [0.25, 0.3) is 0 Å². The molecule has 0 aliphatic carbocycles. The molecule has 11 heavy (non-hydrogen) atoms. The minimum absolute atomic E-state index is 0.606. The summed E-state index contributed by atoms with van der Waals surface area (Å²) in [5.74, 6) is 0. The molecule has 0 bridgehead atoms. The average molecular weight is 219 g/mol. The van der Waals surface area contributed by atoms with Gasteiger partial charge in [0.1, 0.15) is 0 Å². The zero-order valence-corrected chi connectivity index (χ0v) is 9.23. The highest BCUT2D eigenvalue weighted by atomic mass is 79.9. The van der Waals surface area contributed by atoms with Crippen LogP contribution in [0.1, 0.15) is 46.0 Å². The van der Waals surface area contributed by atoms with Crippen LogP contribution < -0.4 is 0 Å². The molecule has 0 rings (SSSR count). The predicted octanol–water partition coefficient (Wildman–Crippen LogP) is 4.30. The molecule has 1 atom stereocenters. The minimum Gasteiger partial charge on any atom is -0.0874 e. The summed E-state index contributed by atoms with van der Waals surface area (Å²) in [6.07, 6.45) is 10.9. The summed E-state index contributed by atoms with van der Waals surface area (Å²) in [5, 5.41) is 0. The Kier molecular flexibility index (Phi) is 8.48. The van der Waals surface area contributed by atoms with Crippen molar-refractivity contribution in [2.75, 3.05) is 0 Å². The van der Waals surface area contributed by atoms with Gasteiger partial charge in [-0.05, 0) is 12.8 Å². The van der Waals surface area contributed by atoms with Crippen molar-refractivity contribution in [2.45, 2.75) is 50.8 Å². The first kappa shape index (κ1) is 11.2. The molecule has 0 radical (unpaired) electrons. The first-order chi connectivity index (χ1) is 5.31. The van der Waals surface area contributed by atoms with Gasteiger partial charge in [-0.3, -0.25) is 0 Å². The van der Waals surface area contributed by atoms with Gasteiger partial charge in [0.15, 0.2) is 0 Å². The van der Waals surface area contributed by atoms with E-state index in [1.54, 1.807) is 0 Å². The third kappa shape index (κ3) is 8.12. The molecule has 0 nitrogen and oxygen atoms in total. The Hall–Kier alpha value is 0.220. The fraction of sp³-hybridized carbons (Fsp3) is 0.800. The number of halogens is 1. The summed E-state index contributed by atoms with van der Waals surface area (Å²) in [5.41, 5.74) is 0. The number of hydrogen-bond donors (Lipinski definition) is 0. The van der Waals surface area contributed by atoms with Crippen LogP contribution >= 0.6 is 15.9 Å². The van der Waals surface area contributed by atoms with Crippen molar-refractivity contribution in [3.63, 3.8) is 0 Å². The van der Waals surface area contributed by atoms with E-state index in [1.165, 1.54) is 32.1 Å². The third-order valence-corrected chi connectivity index (χ3v) is 2.40. The van der Waals surface area contributed by atoms with Crippen LogP contribution in [0.15, 0.2) is 12.2 Å². The normalized spacial score (nSPS) is 14.1. The maximum absolute atomic E-state index is 3.62. The first-order valence-corrected chi connectivity index (χ1v) is 5.53. The highest BCUT2D eigenvalue weighted by molar-refractivity contribution is 9.09. The Morgan fingerprint density at radius 1 is 1.27 bits per heavy atom. The van der Waals surface area contributed by atoms with Crippen LogP contribution in [0.4, 0.5) is 0 Å². The second-order valence-electron chi connectivity index (χ2n) is 2.88. The zero-order chi connectivity index (χ0) is 8.53. The lowest BCUT2D eigenvalue weighted by molar-refractivity contribution is 0.741. The highest BCUT2D eigenvalue weighted by Gasteiger charge is 1.95. The fourth-order valence-electron chi connectivity index (χ4n) is 0.906. The van der Waals surface area contributed by atoms with Gasteiger partial charge in [-0.1, -0.05) is 61.2 Å². The Labute approximate surface area is 79.2 Å². The van der Waals surface area contributed by atoms with Crippen molar-refractivity contribution < 1.29 is 0 Å². The number of rotatable bonds is 6. The molecule has 0 aromatic carbocycles. The summed E-state index contributed by atoms with van der Waals surface area (Å²) in [6, 6.07) is 0. The monoisotopic (exact) mass is 218 g/mol. The van der Waals surface area contributed by atoms with Crippen LogP contribution in [-0.2, 0) is 0 Å². The van der Waals surface area contributed by atoms with E-state index >= 15 is 0 Å². The SMILES string of the molecule is CCCC=CC(Br)CCCC. The molecule has 0 spiro atoms. The van der Waals surface area contributed by atoms with Crippen molar-refractivity contribution >= 4 is 15.9 Å². The van der Waals surface area contributed by atoms with E-state index in [0.717, 1.165) is 0 Å². The van der Waals surface area contributed by atoms with Gasteiger partial charge in [-0.15, -0.1) is 0 Å². The summed E-state index contributed by atoms with van der Waals surface area (Å²) in [7, 11) is 0. The molecule has 0 fully saturated rings. The van der Waals surface area contributed by atoms with Crippen molar-refractivity contribution in [3.8, 4) is 0 Å². The Morgan fingerprint density at radius 2 is 2.00 bits per heavy atom. The molecule has 1 heteroatoms. The minimum atomic E-state index is 0.606. The van der Waals surface area contributed by atoms with Gasteiger partial charge in [-0.2, -0.15) is 0 Å². The second kappa shape index (κ2) is 8.32. The van der Waals surface area contributed by atoms with Crippen molar-refractivity contribution in [3.05, 3.63) is 12.2 Å². The molecule has 0 aromatic heterocycles. The van der Waals surface area contributed by atoms with Crippen molar-refractivity contribution in [1.82, 2.24) is 0 Å². The van der Waals surface area contributed by atoms with Crippen LogP contribution in [0.3, 0.4) is 0 Å². The molecule has 0 heterocycles. The van der Waals surface area contributed by atoms with Gasteiger partial charge in [0, 0.05) is 4.83 Å². The van der Waals surface area contributed by atoms with Gasteiger partial charge < -0.3 is 0 Å². The summed E-state index contributed by atoms with van der Waals surface area (Å²) < 4.78 is 0. The van der Waals surface area contributed by atoms with Gasteiger partial charge in [-0.25, -0.2) is 0 Å². The molecule has 0 N–H and O–H groups in total. The molecular weight excluding hydrogens is 200 g/mol. The Balaban J connectivity index is 3.27. The van der Waals surface area contributed by atoms with E-state index < -0.39 is 0 Å². The van der Waals surface area contributed by atoms with E-state index in [-0.39, 0.29) is 0 Å². The molecule has 0 aromatic rings. The lowest BCUT2D eigenvalue weighted by atomic mass is 10.2. The van der Waals surface area contributed by atoms with E-state index in [9.17, 15) is 0 Å². The van der Waals surface area contributed by atoms with E-state index in [0.29, 0.717) is 4.83 Å². The maximum atomic E-state index is 3.62. The zero-order valence-electron chi connectivity index (χ0n) is 7.65. The number of alkyl halides is 1. The van der Waals surface area contributed by atoms with E-state index in [4.69, 9.17) is 0 Å². The molecule has 0 aliphatic rings. The Morgan fingerprint density at radius 3 is 2.55 bits per heavy atom. The predicted molar refractivity (Wildman–Crippen MR) is 56.3 cm³/mol. The van der Waals surface area contributed by atoms with E-state index in [2.05, 4.69) is 41.9 Å². The van der Waals surface area contributed by atoms with Crippen molar-refractivity contribution in [1.29, 1.82) is 0 Å². The molecule has 0 saturated carbocycles. The number of allylic oxidation sites excluding steroid dienone is 2. The molecule has 0 amide bonds. The number of hydrogen-bond acceptors (Lipinski definition) is 0. The van der Waals surface area contributed by atoms with Crippen LogP contribution in [-0.4, -0.2) is 4.83 Å². The molecule has 0 aliphatic heterocycles. The first-order valence-electron chi connectivity index (χ1n) is 4.62. The fourth-order valence-corrected chi connectivity index (χ4v) is 1.45. The second-order valence-corrected chi connectivity index (χ2v) is 4.05.